The van der Waals surface area contributed by atoms with E-state index in [9.17, 15) is 27.5 Å². The van der Waals surface area contributed by atoms with Crippen molar-refractivity contribution >= 4 is 11.6 Å². The van der Waals surface area contributed by atoms with E-state index in [-0.39, 0.29) is 10.6 Å². The third-order valence-electron chi connectivity index (χ3n) is 2.76. The van der Waals surface area contributed by atoms with Gasteiger partial charge >= 0.3 is 0 Å². The molecule has 0 unspecified atom stereocenters. The standard InChI is InChI=1S/C11H9F4N3O2/c12-8(13)7-5-11(20,10(14)15)18(17-7)9(19)6-1-3-16-4-2-6/h1-4,8,10,20H,5H2/t11-/m0/s1. The first-order valence-electron chi connectivity index (χ1n) is 5.47. The molecule has 20 heavy (non-hydrogen) atoms. The predicted octanol–water partition coefficient (Wildman–Crippen LogP) is 1.50. The fraction of sp³-hybridized carbons (Fsp3) is 0.364. The second kappa shape index (κ2) is 5.16. The van der Waals surface area contributed by atoms with Gasteiger partial charge in [-0.25, -0.2) is 17.6 Å². The molecule has 1 aliphatic rings. The molecule has 1 N–H and O–H groups in total. The van der Waals surface area contributed by atoms with Gasteiger partial charge in [-0.15, -0.1) is 0 Å². The van der Waals surface area contributed by atoms with Crippen LogP contribution in [-0.4, -0.2) is 45.3 Å². The van der Waals surface area contributed by atoms with E-state index in [0.717, 1.165) is 0 Å². The highest BCUT2D eigenvalue weighted by atomic mass is 19.3. The van der Waals surface area contributed by atoms with E-state index < -0.39 is 36.6 Å². The molecule has 9 heteroatoms. The Morgan fingerprint density at radius 3 is 2.40 bits per heavy atom. The summed E-state index contributed by atoms with van der Waals surface area (Å²) in [5, 5.41) is 12.9. The maximum Gasteiger partial charge on any atom is 0.287 e. The van der Waals surface area contributed by atoms with Crippen molar-refractivity contribution in [1.29, 1.82) is 0 Å². The number of nitrogens with zero attached hydrogens (tertiary/aromatic N) is 3. The summed E-state index contributed by atoms with van der Waals surface area (Å²) in [5.41, 5.74) is -4.12. The average molecular weight is 291 g/mol. The SMILES string of the molecule is O=C(c1ccncc1)N1N=C(C(F)F)C[C@]1(O)C(F)F. The zero-order chi connectivity index (χ0) is 14.9. The van der Waals surface area contributed by atoms with Gasteiger partial charge in [0.1, 0.15) is 5.71 Å². The van der Waals surface area contributed by atoms with Crippen LogP contribution in [-0.2, 0) is 0 Å². The Morgan fingerprint density at radius 1 is 1.30 bits per heavy atom. The predicted molar refractivity (Wildman–Crippen MR) is 59.4 cm³/mol. The van der Waals surface area contributed by atoms with Crippen molar-refractivity contribution in [2.24, 2.45) is 5.10 Å². The van der Waals surface area contributed by atoms with Crippen LogP contribution >= 0.6 is 0 Å². The summed E-state index contributed by atoms with van der Waals surface area (Å²) in [6, 6.07) is 2.40. The summed E-state index contributed by atoms with van der Waals surface area (Å²) in [6.07, 6.45) is -5.21. The van der Waals surface area contributed by atoms with Crippen LogP contribution < -0.4 is 0 Å². The van der Waals surface area contributed by atoms with Crippen molar-refractivity contribution in [3.63, 3.8) is 0 Å². The summed E-state index contributed by atoms with van der Waals surface area (Å²) in [4.78, 5) is 15.6. The van der Waals surface area contributed by atoms with Crippen LogP contribution in [0.3, 0.4) is 0 Å². The summed E-state index contributed by atoms with van der Waals surface area (Å²) in [7, 11) is 0. The maximum atomic E-state index is 12.9. The second-order valence-electron chi connectivity index (χ2n) is 4.10. The normalized spacial score (nSPS) is 22.6. The Hall–Kier alpha value is -2.03. The van der Waals surface area contributed by atoms with Crippen molar-refractivity contribution in [3.8, 4) is 0 Å². The van der Waals surface area contributed by atoms with Crippen molar-refractivity contribution in [1.82, 2.24) is 9.99 Å². The Kier molecular flexibility index (Phi) is 3.71. The van der Waals surface area contributed by atoms with Gasteiger partial charge in [-0.3, -0.25) is 9.78 Å². The smallest absolute Gasteiger partial charge is 0.287 e. The minimum atomic E-state index is -3.44. The molecule has 108 valence electrons. The first-order valence-corrected chi connectivity index (χ1v) is 5.47. The van der Waals surface area contributed by atoms with Gasteiger partial charge in [0, 0.05) is 24.4 Å². The van der Waals surface area contributed by atoms with E-state index >= 15 is 0 Å². The van der Waals surface area contributed by atoms with Crippen molar-refractivity contribution in [2.45, 2.75) is 25.0 Å². The van der Waals surface area contributed by atoms with E-state index in [1.165, 1.54) is 24.5 Å². The molecule has 0 spiro atoms. The molecule has 0 aromatic carbocycles. The van der Waals surface area contributed by atoms with E-state index in [1.807, 2.05) is 0 Å². The number of hydrazone groups is 1. The van der Waals surface area contributed by atoms with Crippen LogP contribution in [0.4, 0.5) is 17.6 Å². The Bertz CT molecular complexity index is 538. The Balaban J connectivity index is 2.38. The molecule has 5 nitrogen and oxygen atoms in total. The summed E-state index contributed by atoms with van der Waals surface area (Å²) < 4.78 is 50.9. The number of alkyl halides is 4. The van der Waals surface area contributed by atoms with Crippen molar-refractivity contribution < 1.29 is 27.5 Å². The Morgan fingerprint density at radius 2 is 1.90 bits per heavy atom. The molecule has 1 aromatic heterocycles. The molecule has 1 aromatic rings. The van der Waals surface area contributed by atoms with E-state index in [4.69, 9.17) is 0 Å². The number of rotatable bonds is 3. The molecule has 0 saturated carbocycles. The minimum absolute atomic E-state index is 0.00843. The number of hydrogen-bond acceptors (Lipinski definition) is 4. The average Bonchev–Trinajstić information content (AvgIpc) is 2.79. The van der Waals surface area contributed by atoms with E-state index in [1.54, 1.807) is 0 Å². The maximum absolute atomic E-state index is 12.9. The van der Waals surface area contributed by atoms with Gasteiger partial charge in [0.15, 0.2) is 0 Å². The molecule has 1 aliphatic heterocycles. The third-order valence-corrected chi connectivity index (χ3v) is 2.76. The molecule has 0 aliphatic carbocycles. The highest BCUT2D eigenvalue weighted by Crippen LogP contribution is 2.34. The monoisotopic (exact) mass is 291 g/mol. The van der Waals surface area contributed by atoms with E-state index in [2.05, 4.69) is 10.1 Å². The minimum Gasteiger partial charge on any atom is -0.364 e. The summed E-state index contributed by atoms with van der Waals surface area (Å²) >= 11 is 0. The van der Waals surface area contributed by atoms with Crippen molar-refractivity contribution in [3.05, 3.63) is 30.1 Å². The zero-order valence-electron chi connectivity index (χ0n) is 9.88. The van der Waals surface area contributed by atoms with Gasteiger partial charge in [-0.05, 0) is 12.1 Å². The van der Waals surface area contributed by atoms with Crippen LogP contribution in [0.25, 0.3) is 0 Å². The fourth-order valence-electron chi connectivity index (χ4n) is 1.72. The topological polar surface area (TPSA) is 65.8 Å². The molecule has 0 bridgehead atoms. The first-order chi connectivity index (χ1) is 9.36. The third kappa shape index (κ3) is 2.36. The number of pyridine rings is 1. The van der Waals surface area contributed by atoms with E-state index in [0.29, 0.717) is 0 Å². The lowest BCUT2D eigenvalue weighted by molar-refractivity contribution is -0.164. The fourth-order valence-corrected chi connectivity index (χ4v) is 1.72. The lowest BCUT2D eigenvalue weighted by Crippen LogP contribution is -2.51. The quantitative estimate of drug-likeness (QED) is 0.858. The van der Waals surface area contributed by atoms with Crippen LogP contribution in [0.2, 0.25) is 0 Å². The number of halogens is 4. The molecule has 0 fully saturated rings. The number of carbonyl (C=O) groups excluding carboxylic acids is 1. The van der Waals surface area contributed by atoms with Gasteiger partial charge < -0.3 is 5.11 Å². The molecule has 0 saturated heterocycles. The number of carbonyl (C=O) groups is 1. The molecular formula is C11H9F4N3O2. The van der Waals surface area contributed by atoms with Crippen LogP contribution in [0.5, 0.6) is 0 Å². The van der Waals surface area contributed by atoms with Gasteiger partial charge in [0.2, 0.25) is 5.72 Å². The van der Waals surface area contributed by atoms with Gasteiger partial charge in [-0.1, -0.05) is 0 Å². The zero-order valence-corrected chi connectivity index (χ0v) is 9.88. The second-order valence-corrected chi connectivity index (χ2v) is 4.10. The molecule has 2 rings (SSSR count). The highest BCUT2D eigenvalue weighted by molar-refractivity contribution is 5.98. The molecule has 0 radical (unpaired) electrons. The van der Waals surface area contributed by atoms with Gasteiger partial charge in [-0.2, -0.15) is 10.1 Å². The highest BCUT2D eigenvalue weighted by Gasteiger charge is 2.53. The van der Waals surface area contributed by atoms with Crippen LogP contribution in [0.15, 0.2) is 29.6 Å². The molecular weight excluding hydrogens is 282 g/mol. The number of aromatic nitrogens is 1. The summed E-state index contributed by atoms with van der Waals surface area (Å²) in [6.45, 7) is 0. The van der Waals surface area contributed by atoms with Crippen LogP contribution in [0.1, 0.15) is 16.8 Å². The number of aliphatic hydroxyl groups is 1. The molecule has 1 atom stereocenters. The Labute approximate surface area is 110 Å². The lowest BCUT2D eigenvalue weighted by Gasteiger charge is -2.29. The largest absolute Gasteiger partial charge is 0.364 e. The van der Waals surface area contributed by atoms with Crippen LogP contribution in [0, 0.1) is 0 Å². The first kappa shape index (κ1) is 14.4. The lowest BCUT2D eigenvalue weighted by atomic mass is 10.1. The number of amides is 1. The molecule has 1 amide bonds. The van der Waals surface area contributed by atoms with Gasteiger partial charge in [0.05, 0.1) is 0 Å². The summed E-state index contributed by atoms with van der Waals surface area (Å²) in [5.74, 6) is -1.11. The number of hydrogen-bond donors (Lipinski definition) is 1. The molecule has 2 heterocycles. The van der Waals surface area contributed by atoms with Gasteiger partial charge in [0.25, 0.3) is 18.8 Å². The van der Waals surface area contributed by atoms with Crippen molar-refractivity contribution in [2.75, 3.05) is 0 Å².